The molecular formula is C17H22N2. The van der Waals surface area contributed by atoms with Gasteiger partial charge in [0.15, 0.2) is 0 Å². The Kier molecular flexibility index (Phi) is 4.20. The van der Waals surface area contributed by atoms with Crippen molar-refractivity contribution in [1.29, 1.82) is 0 Å². The van der Waals surface area contributed by atoms with Crippen molar-refractivity contribution >= 4 is 5.69 Å². The molecule has 0 atom stereocenters. The third kappa shape index (κ3) is 4.09. The molecule has 1 N–H and O–H groups in total. The van der Waals surface area contributed by atoms with Gasteiger partial charge in [0.1, 0.15) is 0 Å². The second-order valence-electron chi connectivity index (χ2n) is 5.83. The first-order valence-corrected chi connectivity index (χ1v) is 6.80. The molecule has 100 valence electrons. The van der Waals surface area contributed by atoms with E-state index in [0.717, 1.165) is 18.7 Å². The molecule has 0 aliphatic carbocycles. The van der Waals surface area contributed by atoms with Crippen molar-refractivity contribution in [2.24, 2.45) is 0 Å². The number of rotatable bonds is 4. The maximum Gasteiger partial charge on any atom is 0.0421 e. The van der Waals surface area contributed by atoms with E-state index in [2.05, 4.69) is 61.4 Å². The summed E-state index contributed by atoms with van der Waals surface area (Å²) in [6.07, 6.45) is 2.79. The van der Waals surface area contributed by atoms with Gasteiger partial charge in [0.05, 0.1) is 0 Å². The summed E-state index contributed by atoms with van der Waals surface area (Å²) in [5.41, 5.74) is 3.87. The molecule has 0 aliphatic heterocycles. The highest BCUT2D eigenvalue weighted by atomic mass is 14.9. The number of hydrogen-bond acceptors (Lipinski definition) is 2. The molecule has 1 heterocycles. The first-order valence-electron chi connectivity index (χ1n) is 6.80. The lowest BCUT2D eigenvalue weighted by molar-refractivity contribution is 0.590. The quantitative estimate of drug-likeness (QED) is 0.891. The highest BCUT2D eigenvalue weighted by Gasteiger charge is 2.12. The molecule has 0 aliphatic rings. The Balaban J connectivity index is 1.87. The van der Waals surface area contributed by atoms with E-state index in [-0.39, 0.29) is 5.41 Å². The van der Waals surface area contributed by atoms with Gasteiger partial charge >= 0.3 is 0 Å². The Morgan fingerprint density at radius 3 is 2.32 bits per heavy atom. The van der Waals surface area contributed by atoms with E-state index in [4.69, 9.17) is 0 Å². The summed E-state index contributed by atoms with van der Waals surface area (Å²) in [5, 5.41) is 3.43. The summed E-state index contributed by atoms with van der Waals surface area (Å²) < 4.78 is 0. The first kappa shape index (κ1) is 13.6. The summed E-state index contributed by atoms with van der Waals surface area (Å²) in [6, 6.07) is 14.7. The zero-order valence-electron chi connectivity index (χ0n) is 12.0. The van der Waals surface area contributed by atoms with Gasteiger partial charge in [-0.05, 0) is 35.2 Å². The smallest absolute Gasteiger partial charge is 0.0421 e. The Morgan fingerprint density at radius 1 is 1.00 bits per heavy atom. The van der Waals surface area contributed by atoms with Gasteiger partial charge in [0.25, 0.3) is 0 Å². The standard InChI is InChI=1S/C17H22N2/c1-17(2,3)14-7-9-16(10-8-14)19-13-11-15-6-4-5-12-18-15/h4-10,12,19H,11,13H2,1-3H3. The molecule has 0 radical (unpaired) electrons. The van der Waals surface area contributed by atoms with E-state index in [1.807, 2.05) is 18.3 Å². The van der Waals surface area contributed by atoms with Crippen molar-refractivity contribution in [3.63, 3.8) is 0 Å². The molecule has 0 saturated carbocycles. The van der Waals surface area contributed by atoms with Crippen LogP contribution in [0.2, 0.25) is 0 Å². The largest absolute Gasteiger partial charge is 0.385 e. The Labute approximate surface area is 115 Å². The van der Waals surface area contributed by atoms with Crippen LogP contribution in [-0.4, -0.2) is 11.5 Å². The van der Waals surface area contributed by atoms with Crippen LogP contribution in [0.3, 0.4) is 0 Å². The van der Waals surface area contributed by atoms with Gasteiger partial charge in [0.2, 0.25) is 0 Å². The van der Waals surface area contributed by atoms with Crippen molar-refractivity contribution in [1.82, 2.24) is 4.98 Å². The fourth-order valence-electron chi connectivity index (χ4n) is 1.97. The normalized spacial score (nSPS) is 11.3. The van der Waals surface area contributed by atoms with Crippen LogP contribution in [0.1, 0.15) is 32.0 Å². The maximum atomic E-state index is 4.32. The lowest BCUT2D eigenvalue weighted by Gasteiger charge is -2.19. The number of benzene rings is 1. The molecule has 1 aromatic heterocycles. The summed E-state index contributed by atoms with van der Waals surface area (Å²) >= 11 is 0. The SMILES string of the molecule is CC(C)(C)c1ccc(NCCc2ccccn2)cc1. The molecule has 2 rings (SSSR count). The average molecular weight is 254 g/mol. The number of nitrogens with zero attached hydrogens (tertiary/aromatic N) is 1. The number of anilines is 1. The molecule has 2 nitrogen and oxygen atoms in total. The predicted molar refractivity (Wildman–Crippen MR) is 81.6 cm³/mol. The molecule has 0 spiro atoms. The summed E-state index contributed by atoms with van der Waals surface area (Å²) in [4.78, 5) is 4.32. The van der Waals surface area contributed by atoms with E-state index in [0.29, 0.717) is 0 Å². The molecule has 19 heavy (non-hydrogen) atoms. The Hall–Kier alpha value is -1.83. The number of nitrogens with one attached hydrogen (secondary N) is 1. The highest BCUT2D eigenvalue weighted by Crippen LogP contribution is 2.23. The van der Waals surface area contributed by atoms with Crippen LogP contribution in [0, 0.1) is 0 Å². The van der Waals surface area contributed by atoms with Crippen molar-refractivity contribution in [3.05, 3.63) is 59.9 Å². The molecular weight excluding hydrogens is 232 g/mol. The van der Waals surface area contributed by atoms with E-state index < -0.39 is 0 Å². The van der Waals surface area contributed by atoms with Crippen LogP contribution < -0.4 is 5.32 Å². The third-order valence-electron chi connectivity index (χ3n) is 3.19. The van der Waals surface area contributed by atoms with Gasteiger partial charge in [-0.2, -0.15) is 0 Å². The van der Waals surface area contributed by atoms with Gasteiger partial charge in [0, 0.05) is 30.5 Å². The zero-order valence-corrected chi connectivity index (χ0v) is 12.0. The first-order chi connectivity index (χ1) is 9.05. The van der Waals surface area contributed by atoms with Crippen LogP contribution in [0.15, 0.2) is 48.7 Å². The number of pyridine rings is 1. The summed E-state index contributed by atoms with van der Waals surface area (Å²) in [7, 11) is 0. The van der Waals surface area contributed by atoms with E-state index >= 15 is 0 Å². The monoisotopic (exact) mass is 254 g/mol. The molecule has 2 aromatic rings. The lowest BCUT2D eigenvalue weighted by atomic mass is 9.87. The van der Waals surface area contributed by atoms with Gasteiger partial charge in [-0.15, -0.1) is 0 Å². The minimum atomic E-state index is 0.215. The van der Waals surface area contributed by atoms with Gasteiger partial charge in [-0.25, -0.2) is 0 Å². The molecule has 2 heteroatoms. The van der Waals surface area contributed by atoms with E-state index in [1.54, 1.807) is 0 Å². The van der Waals surface area contributed by atoms with Crippen molar-refractivity contribution < 1.29 is 0 Å². The second-order valence-corrected chi connectivity index (χ2v) is 5.83. The summed E-state index contributed by atoms with van der Waals surface area (Å²) in [5.74, 6) is 0. The lowest BCUT2D eigenvalue weighted by Crippen LogP contribution is -2.11. The van der Waals surface area contributed by atoms with E-state index in [9.17, 15) is 0 Å². The van der Waals surface area contributed by atoms with Crippen LogP contribution in [0.5, 0.6) is 0 Å². The Bertz CT molecular complexity index is 495. The maximum absolute atomic E-state index is 4.32. The molecule has 1 aromatic carbocycles. The Morgan fingerprint density at radius 2 is 1.74 bits per heavy atom. The minimum Gasteiger partial charge on any atom is -0.385 e. The van der Waals surface area contributed by atoms with Crippen LogP contribution >= 0.6 is 0 Å². The predicted octanol–water partition coefficient (Wildman–Crippen LogP) is 4.03. The zero-order chi connectivity index (χ0) is 13.7. The van der Waals surface area contributed by atoms with Gasteiger partial charge < -0.3 is 5.32 Å². The fraction of sp³-hybridized carbons (Fsp3) is 0.353. The molecule has 0 amide bonds. The van der Waals surface area contributed by atoms with E-state index in [1.165, 1.54) is 11.3 Å². The van der Waals surface area contributed by atoms with Crippen molar-refractivity contribution in [2.75, 3.05) is 11.9 Å². The fourth-order valence-corrected chi connectivity index (χ4v) is 1.97. The molecule has 0 saturated heterocycles. The minimum absolute atomic E-state index is 0.215. The molecule has 0 unspecified atom stereocenters. The van der Waals surface area contributed by atoms with Gasteiger partial charge in [-0.1, -0.05) is 39.0 Å². The third-order valence-corrected chi connectivity index (χ3v) is 3.19. The second kappa shape index (κ2) is 5.87. The van der Waals surface area contributed by atoms with Crippen LogP contribution in [0.4, 0.5) is 5.69 Å². The van der Waals surface area contributed by atoms with Crippen LogP contribution in [-0.2, 0) is 11.8 Å². The molecule has 0 bridgehead atoms. The number of hydrogen-bond donors (Lipinski definition) is 1. The highest BCUT2D eigenvalue weighted by molar-refractivity contribution is 5.45. The van der Waals surface area contributed by atoms with Crippen molar-refractivity contribution in [2.45, 2.75) is 32.6 Å². The number of aromatic nitrogens is 1. The van der Waals surface area contributed by atoms with Crippen LogP contribution in [0.25, 0.3) is 0 Å². The topological polar surface area (TPSA) is 24.9 Å². The summed E-state index contributed by atoms with van der Waals surface area (Å²) in [6.45, 7) is 7.61. The molecule has 0 fully saturated rings. The van der Waals surface area contributed by atoms with Crippen molar-refractivity contribution in [3.8, 4) is 0 Å². The van der Waals surface area contributed by atoms with Gasteiger partial charge in [-0.3, -0.25) is 4.98 Å². The average Bonchev–Trinajstić information content (AvgIpc) is 2.39.